The van der Waals surface area contributed by atoms with Crippen molar-refractivity contribution in [3.8, 4) is 0 Å². The van der Waals surface area contributed by atoms with Gasteiger partial charge < -0.3 is 9.64 Å². The normalized spacial score (nSPS) is 31.4. The molecule has 0 bridgehead atoms. The lowest BCUT2D eigenvalue weighted by Gasteiger charge is -2.35. The Kier molecular flexibility index (Phi) is 1.43. The van der Waals surface area contributed by atoms with Crippen LogP contribution in [0, 0.1) is 0 Å². The van der Waals surface area contributed by atoms with E-state index in [0.29, 0.717) is 6.42 Å². The second kappa shape index (κ2) is 2.33. The molecule has 0 radical (unpaired) electrons. The Balaban J connectivity index is 2.00. The van der Waals surface area contributed by atoms with Gasteiger partial charge >= 0.3 is 5.97 Å². The first-order valence-corrected chi connectivity index (χ1v) is 3.85. The number of carbonyl (C=O) groups excluding carboxylic acids is 2. The van der Waals surface area contributed by atoms with Crippen LogP contribution >= 0.6 is 0 Å². The summed E-state index contributed by atoms with van der Waals surface area (Å²) < 4.78 is 4.97. The number of amides is 1. The first-order chi connectivity index (χ1) is 5.68. The van der Waals surface area contributed by atoms with Crippen molar-refractivity contribution in [2.45, 2.75) is 25.5 Å². The van der Waals surface area contributed by atoms with Gasteiger partial charge in [-0.1, -0.05) is 0 Å². The van der Waals surface area contributed by atoms with Crippen LogP contribution in [0.3, 0.4) is 0 Å². The molecule has 0 saturated carbocycles. The van der Waals surface area contributed by atoms with Crippen molar-refractivity contribution in [2.24, 2.45) is 0 Å². The number of rotatable bonds is 1. The molecule has 0 aromatic rings. The van der Waals surface area contributed by atoms with Crippen LogP contribution in [0.5, 0.6) is 0 Å². The predicted molar refractivity (Wildman–Crippen MR) is 39.9 cm³/mol. The highest BCUT2D eigenvalue weighted by molar-refractivity contribution is 5.85. The molecule has 1 unspecified atom stereocenters. The van der Waals surface area contributed by atoms with Crippen LogP contribution in [0.1, 0.15) is 13.3 Å². The summed E-state index contributed by atoms with van der Waals surface area (Å²) in [5, 5.41) is 0. The maximum absolute atomic E-state index is 10.9. The Bertz CT molecular complexity index is 271. The van der Waals surface area contributed by atoms with E-state index in [1.54, 1.807) is 17.2 Å². The minimum Gasteiger partial charge on any atom is -0.456 e. The lowest BCUT2D eigenvalue weighted by atomic mass is 10.0. The van der Waals surface area contributed by atoms with Gasteiger partial charge in [0.25, 0.3) is 0 Å². The van der Waals surface area contributed by atoms with Gasteiger partial charge in [-0.25, -0.2) is 0 Å². The number of fused-ring (bicyclic) bond motifs is 1. The number of ether oxygens (including phenoxy) is 1. The summed E-state index contributed by atoms with van der Waals surface area (Å²) >= 11 is 0. The molecule has 2 heterocycles. The van der Waals surface area contributed by atoms with Gasteiger partial charge in [-0.15, -0.1) is 0 Å². The van der Waals surface area contributed by atoms with E-state index in [-0.39, 0.29) is 24.0 Å². The van der Waals surface area contributed by atoms with Crippen LogP contribution in [-0.4, -0.2) is 28.9 Å². The molecule has 0 spiro atoms. The molecular formula is C8H9NO3. The van der Waals surface area contributed by atoms with E-state index in [1.165, 1.54) is 6.92 Å². The molecule has 1 saturated heterocycles. The van der Waals surface area contributed by atoms with E-state index in [1.807, 2.05) is 0 Å². The zero-order chi connectivity index (χ0) is 8.72. The fourth-order valence-corrected chi connectivity index (χ4v) is 1.54. The first-order valence-electron chi connectivity index (χ1n) is 3.85. The molecule has 4 heteroatoms. The predicted octanol–water partition coefficient (Wildman–Crippen LogP) is 0.0463. The van der Waals surface area contributed by atoms with Gasteiger partial charge in [0.05, 0.1) is 12.5 Å². The van der Waals surface area contributed by atoms with E-state index in [2.05, 4.69) is 0 Å². The third-order valence-electron chi connectivity index (χ3n) is 2.15. The zero-order valence-electron chi connectivity index (χ0n) is 6.69. The highest BCUT2D eigenvalue weighted by Crippen LogP contribution is 2.30. The van der Waals surface area contributed by atoms with Crippen molar-refractivity contribution in [1.82, 2.24) is 4.90 Å². The highest BCUT2D eigenvalue weighted by atomic mass is 16.5. The second-order valence-electron chi connectivity index (χ2n) is 2.99. The molecule has 1 fully saturated rings. The quantitative estimate of drug-likeness (QED) is 0.409. The van der Waals surface area contributed by atoms with Gasteiger partial charge in [-0.05, 0) is 6.08 Å². The van der Waals surface area contributed by atoms with E-state index >= 15 is 0 Å². The van der Waals surface area contributed by atoms with Crippen molar-refractivity contribution >= 4 is 11.9 Å². The van der Waals surface area contributed by atoms with E-state index in [4.69, 9.17) is 4.74 Å². The number of esters is 1. The molecule has 64 valence electrons. The molecular weight excluding hydrogens is 158 g/mol. The number of carbonyl (C=O) groups is 2. The standard InChI is InChI=1S/C8H9NO3/c1-5(10)12-7-2-3-9-6(7)4-8(9)11/h2-3,6-7H,4H2,1H3/t6-,7?/m0/s1. The van der Waals surface area contributed by atoms with Gasteiger partial charge in [0, 0.05) is 13.1 Å². The van der Waals surface area contributed by atoms with Gasteiger partial charge in [-0.2, -0.15) is 0 Å². The Morgan fingerprint density at radius 2 is 2.50 bits per heavy atom. The second-order valence-corrected chi connectivity index (χ2v) is 2.99. The van der Waals surface area contributed by atoms with E-state index < -0.39 is 0 Å². The Hall–Kier alpha value is -1.32. The summed E-state index contributed by atoms with van der Waals surface area (Å²) in [7, 11) is 0. The molecule has 1 amide bonds. The number of β-lactam (4-membered cyclic amide) rings is 1. The van der Waals surface area contributed by atoms with Crippen molar-refractivity contribution in [2.75, 3.05) is 0 Å². The number of hydrogen-bond acceptors (Lipinski definition) is 3. The molecule has 4 nitrogen and oxygen atoms in total. The first kappa shape index (κ1) is 7.34. The van der Waals surface area contributed by atoms with Crippen molar-refractivity contribution < 1.29 is 14.3 Å². The van der Waals surface area contributed by atoms with Crippen LogP contribution in [0.15, 0.2) is 12.3 Å². The fraction of sp³-hybridized carbons (Fsp3) is 0.500. The smallest absolute Gasteiger partial charge is 0.303 e. The topological polar surface area (TPSA) is 46.6 Å². The maximum atomic E-state index is 10.9. The van der Waals surface area contributed by atoms with Crippen molar-refractivity contribution in [1.29, 1.82) is 0 Å². The molecule has 12 heavy (non-hydrogen) atoms. The van der Waals surface area contributed by atoms with Crippen LogP contribution in [0.4, 0.5) is 0 Å². The third kappa shape index (κ3) is 0.913. The van der Waals surface area contributed by atoms with Gasteiger partial charge in [0.15, 0.2) is 0 Å². The summed E-state index contributed by atoms with van der Waals surface area (Å²) in [6.45, 7) is 1.37. The van der Waals surface area contributed by atoms with Crippen LogP contribution in [-0.2, 0) is 14.3 Å². The van der Waals surface area contributed by atoms with Crippen LogP contribution in [0.25, 0.3) is 0 Å². The van der Waals surface area contributed by atoms with Crippen molar-refractivity contribution in [3.05, 3.63) is 12.3 Å². The molecule has 0 aliphatic carbocycles. The summed E-state index contributed by atoms with van der Waals surface area (Å²) in [4.78, 5) is 23.1. The van der Waals surface area contributed by atoms with E-state index in [9.17, 15) is 9.59 Å². The average molecular weight is 167 g/mol. The number of nitrogens with zero attached hydrogens (tertiary/aromatic N) is 1. The average Bonchev–Trinajstić information content (AvgIpc) is 2.26. The zero-order valence-corrected chi connectivity index (χ0v) is 6.69. The van der Waals surface area contributed by atoms with Gasteiger partial charge in [0.1, 0.15) is 6.10 Å². The summed E-state index contributed by atoms with van der Waals surface area (Å²) in [5.41, 5.74) is 0. The van der Waals surface area contributed by atoms with Crippen LogP contribution in [0.2, 0.25) is 0 Å². The molecule has 0 aromatic heterocycles. The highest BCUT2D eigenvalue weighted by Gasteiger charge is 2.44. The minimum atomic E-state index is -0.300. The molecule has 0 N–H and O–H groups in total. The Morgan fingerprint density at radius 1 is 1.75 bits per heavy atom. The Morgan fingerprint density at radius 3 is 3.00 bits per heavy atom. The van der Waals surface area contributed by atoms with E-state index in [0.717, 1.165) is 0 Å². The third-order valence-corrected chi connectivity index (χ3v) is 2.15. The largest absolute Gasteiger partial charge is 0.456 e. The van der Waals surface area contributed by atoms with Crippen molar-refractivity contribution in [3.63, 3.8) is 0 Å². The fourth-order valence-electron chi connectivity index (χ4n) is 1.54. The maximum Gasteiger partial charge on any atom is 0.303 e. The minimum absolute atomic E-state index is 0.0707. The molecule has 2 aliphatic rings. The molecule has 2 atom stereocenters. The summed E-state index contributed by atoms with van der Waals surface area (Å²) in [6, 6.07) is 0.0707. The van der Waals surface area contributed by atoms with Crippen LogP contribution < -0.4 is 0 Å². The van der Waals surface area contributed by atoms with Gasteiger partial charge in [0.2, 0.25) is 5.91 Å². The number of hydrogen-bond donors (Lipinski definition) is 0. The SMILES string of the molecule is CC(=O)OC1C=CN2C(=O)C[C@@H]12. The molecule has 2 rings (SSSR count). The molecule has 2 aliphatic heterocycles. The lowest BCUT2D eigenvalue weighted by molar-refractivity contribution is -0.155. The van der Waals surface area contributed by atoms with Gasteiger partial charge in [-0.3, -0.25) is 9.59 Å². The lowest BCUT2D eigenvalue weighted by Crippen LogP contribution is -2.52. The summed E-state index contributed by atoms with van der Waals surface area (Å²) in [5.74, 6) is -0.197. The molecule has 0 aromatic carbocycles. The Labute approximate surface area is 69.8 Å². The monoisotopic (exact) mass is 167 g/mol. The summed E-state index contributed by atoms with van der Waals surface area (Å²) in [6.07, 6.45) is 3.70.